The van der Waals surface area contributed by atoms with Crippen molar-refractivity contribution in [2.24, 2.45) is 0 Å². The molecule has 0 spiro atoms. The van der Waals surface area contributed by atoms with Gasteiger partial charge in [0.2, 0.25) is 5.28 Å². The van der Waals surface area contributed by atoms with E-state index >= 15 is 0 Å². The Labute approximate surface area is 139 Å². The van der Waals surface area contributed by atoms with Gasteiger partial charge in [0, 0.05) is 37.7 Å². The van der Waals surface area contributed by atoms with Crippen LogP contribution in [0.2, 0.25) is 5.28 Å². The number of piperazine rings is 1. The second-order valence-electron chi connectivity index (χ2n) is 6.06. The third-order valence-electron chi connectivity index (χ3n) is 4.69. The molecule has 1 aromatic heterocycles. The zero-order chi connectivity index (χ0) is 15.8. The van der Waals surface area contributed by atoms with Crippen LogP contribution in [-0.4, -0.2) is 36.1 Å². The summed E-state index contributed by atoms with van der Waals surface area (Å²) in [6, 6.07) is 6.70. The molecule has 2 aliphatic rings. The molecule has 23 heavy (non-hydrogen) atoms. The lowest BCUT2D eigenvalue weighted by atomic mass is 9.97. The number of hydrogen-bond donors (Lipinski definition) is 1. The maximum atomic E-state index is 13.2. The van der Waals surface area contributed by atoms with E-state index in [9.17, 15) is 4.39 Å². The molecule has 2 heterocycles. The molecule has 4 rings (SSSR count). The minimum atomic E-state index is -0.214. The molecule has 120 valence electrons. The summed E-state index contributed by atoms with van der Waals surface area (Å²) >= 11 is 6.20. The number of fused-ring (bicyclic) bond motifs is 1. The molecule has 4 nitrogen and oxygen atoms in total. The van der Waals surface area contributed by atoms with E-state index in [2.05, 4.69) is 20.2 Å². The normalized spacial score (nSPS) is 20.6. The van der Waals surface area contributed by atoms with E-state index in [0.29, 0.717) is 5.28 Å². The van der Waals surface area contributed by atoms with Gasteiger partial charge < -0.3 is 10.2 Å². The molecule has 0 amide bonds. The SMILES string of the molecule is Fc1ccc(C2CCc3c2nc(Cl)nc3N2CCNCC2)cc1. The third-order valence-corrected chi connectivity index (χ3v) is 4.86. The molecule has 1 fully saturated rings. The minimum Gasteiger partial charge on any atom is -0.354 e. The topological polar surface area (TPSA) is 41.1 Å². The molecule has 0 bridgehead atoms. The van der Waals surface area contributed by atoms with E-state index in [1.54, 1.807) is 0 Å². The summed E-state index contributed by atoms with van der Waals surface area (Å²) in [6.45, 7) is 3.78. The Bertz CT molecular complexity index is 713. The maximum absolute atomic E-state index is 13.2. The number of benzene rings is 1. The van der Waals surface area contributed by atoms with Gasteiger partial charge in [-0.05, 0) is 42.1 Å². The number of anilines is 1. The summed E-state index contributed by atoms with van der Waals surface area (Å²) in [7, 11) is 0. The average molecular weight is 333 g/mol. The molecular formula is C17H18ClFN4. The van der Waals surface area contributed by atoms with Crippen LogP contribution < -0.4 is 10.2 Å². The van der Waals surface area contributed by atoms with Gasteiger partial charge in [0.1, 0.15) is 11.6 Å². The van der Waals surface area contributed by atoms with Crippen molar-refractivity contribution in [3.8, 4) is 0 Å². The highest BCUT2D eigenvalue weighted by molar-refractivity contribution is 6.28. The van der Waals surface area contributed by atoms with E-state index in [1.807, 2.05) is 12.1 Å². The van der Waals surface area contributed by atoms with Gasteiger partial charge in [0.05, 0.1) is 5.69 Å². The molecule has 1 aromatic carbocycles. The molecule has 1 N–H and O–H groups in total. The van der Waals surface area contributed by atoms with Crippen LogP contribution in [0.15, 0.2) is 24.3 Å². The molecule has 2 aromatic rings. The Morgan fingerprint density at radius 2 is 1.87 bits per heavy atom. The fourth-order valence-electron chi connectivity index (χ4n) is 3.57. The van der Waals surface area contributed by atoms with Crippen LogP contribution in [0.4, 0.5) is 10.2 Å². The Kier molecular flexibility index (Phi) is 3.91. The van der Waals surface area contributed by atoms with Crippen molar-refractivity contribution in [1.29, 1.82) is 0 Å². The number of aromatic nitrogens is 2. The van der Waals surface area contributed by atoms with Gasteiger partial charge in [0.15, 0.2) is 0 Å². The van der Waals surface area contributed by atoms with Crippen LogP contribution in [0.3, 0.4) is 0 Å². The van der Waals surface area contributed by atoms with Crippen molar-refractivity contribution < 1.29 is 4.39 Å². The van der Waals surface area contributed by atoms with Crippen LogP contribution in [0.25, 0.3) is 0 Å². The van der Waals surface area contributed by atoms with Crippen LogP contribution >= 0.6 is 11.6 Å². The zero-order valence-electron chi connectivity index (χ0n) is 12.7. The van der Waals surface area contributed by atoms with Gasteiger partial charge in [-0.2, -0.15) is 0 Å². The minimum absolute atomic E-state index is 0.174. The second-order valence-corrected chi connectivity index (χ2v) is 6.40. The Hall–Kier alpha value is -1.72. The zero-order valence-corrected chi connectivity index (χ0v) is 13.5. The van der Waals surface area contributed by atoms with Gasteiger partial charge in [-0.3, -0.25) is 0 Å². The standard InChI is InChI=1S/C17H18ClFN4/c18-17-21-15-13(11-1-3-12(19)4-2-11)5-6-14(15)16(22-17)23-9-7-20-8-10-23/h1-4,13,20H,5-10H2. The van der Waals surface area contributed by atoms with Gasteiger partial charge in [-0.25, -0.2) is 14.4 Å². The molecule has 0 saturated carbocycles. The third kappa shape index (κ3) is 2.79. The highest BCUT2D eigenvalue weighted by Gasteiger charge is 2.31. The number of hydrogen-bond acceptors (Lipinski definition) is 4. The van der Waals surface area contributed by atoms with E-state index in [0.717, 1.165) is 56.1 Å². The Balaban J connectivity index is 1.73. The Morgan fingerprint density at radius 1 is 1.13 bits per heavy atom. The lowest BCUT2D eigenvalue weighted by Crippen LogP contribution is -2.44. The lowest BCUT2D eigenvalue weighted by Gasteiger charge is -2.30. The van der Waals surface area contributed by atoms with Crippen molar-refractivity contribution in [2.45, 2.75) is 18.8 Å². The summed E-state index contributed by atoms with van der Waals surface area (Å²) in [5, 5.41) is 3.65. The molecule has 1 aliphatic carbocycles. The molecule has 0 radical (unpaired) electrons. The van der Waals surface area contributed by atoms with Gasteiger partial charge >= 0.3 is 0 Å². The molecule has 1 aliphatic heterocycles. The van der Waals surface area contributed by atoms with Crippen molar-refractivity contribution in [3.05, 3.63) is 52.2 Å². The fraction of sp³-hybridized carbons (Fsp3) is 0.412. The summed E-state index contributed by atoms with van der Waals surface area (Å²) in [5.41, 5.74) is 3.29. The first-order chi connectivity index (χ1) is 11.2. The van der Waals surface area contributed by atoms with E-state index in [1.165, 1.54) is 17.7 Å². The summed E-state index contributed by atoms with van der Waals surface area (Å²) < 4.78 is 13.2. The molecular weight excluding hydrogens is 315 g/mol. The van der Waals surface area contributed by atoms with Crippen LogP contribution in [0.5, 0.6) is 0 Å². The summed E-state index contributed by atoms with van der Waals surface area (Å²) in [4.78, 5) is 11.3. The highest BCUT2D eigenvalue weighted by Crippen LogP contribution is 2.41. The smallest absolute Gasteiger partial charge is 0.224 e. The lowest BCUT2D eigenvalue weighted by molar-refractivity contribution is 0.583. The average Bonchev–Trinajstić information content (AvgIpc) is 2.99. The summed E-state index contributed by atoms with van der Waals surface area (Å²) in [5.74, 6) is 0.938. The number of nitrogens with one attached hydrogen (secondary N) is 1. The van der Waals surface area contributed by atoms with E-state index in [4.69, 9.17) is 11.6 Å². The number of halogens is 2. The largest absolute Gasteiger partial charge is 0.354 e. The predicted molar refractivity (Wildman–Crippen MR) is 88.7 cm³/mol. The fourth-order valence-corrected chi connectivity index (χ4v) is 3.74. The monoisotopic (exact) mass is 332 g/mol. The number of nitrogens with zero attached hydrogens (tertiary/aromatic N) is 3. The quantitative estimate of drug-likeness (QED) is 0.859. The van der Waals surface area contributed by atoms with Crippen LogP contribution in [0, 0.1) is 5.82 Å². The van der Waals surface area contributed by atoms with E-state index in [-0.39, 0.29) is 11.7 Å². The predicted octanol–water partition coefficient (Wildman–Crippen LogP) is 2.76. The van der Waals surface area contributed by atoms with Gasteiger partial charge in [-0.15, -0.1) is 0 Å². The molecule has 1 unspecified atom stereocenters. The van der Waals surface area contributed by atoms with Crippen LogP contribution in [0.1, 0.15) is 29.2 Å². The molecule has 1 saturated heterocycles. The second kappa shape index (κ2) is 6.06. The van der Waals surface area contributed by atoms with Crippen LogP contribution in [-0.2, 0) is 6.42 Å². The van der Waals surface area contributed by atoms with Crippen molar-refractivity contribution >= 4 is 17.4 Å². The highest BCUT2D eigenvalue weighted by atomic mass is 35.5. The van der Waals surface area contributed by atoms with Gasteiger partial charge in [-0.1, -0.05) is 12.1 Å². The first-order valence-corrected chi connectivity index (χ1v) is 8.37. The van der Waals surface area contributed by atoms with Gasteiger partial charge in [0.25, 0.3) is 0 Å². The summed E-state index contributed by atoms with van der Waals surface area (Å²) in [6.07, 6.45) is 1.91. The maximum Gasteiger partial charge on any atom is 0.224 e. The Morgan fingerprint density at radius 3 is 2.61 bits per heavy atom. The molecule has 6 heteroatoms. The van der Waals surface area contributed by atoms with E-state index < -0.39 is 0 Å². The van der Waals surface area contributed by atoms with Crippen molar-refractivity contribution in [2.75, 3.05) is 31.1 Å². The van der Waals surface area contributed by atoms with Crippen molar-refractivity contribution in [1.82, 2.24) is 15.3 Å². The molecule has 1 atom stereocenters. The number of rotatable bonds is 2. The first kappa shape index (κ1) is 14.8. The van der Waals surface area contributed by atoms with Crippen molar-refractivity contribution in [3.63, 3.8) is 0 Å². The first-order valence-electron chi connectivity index (χ1n) is 8.00.